The molecule has 0 aliphatic carbocycles. The first kappa shape index (κ1) is 16.3. The minimum absolute atomic E-state index is 0.152. The first-order valence-electron chi connectivity index (χ1n) is 6.88. The van der Waals surface area contributed by atoms with Crippen molar-refractivity contribution < 1.29 is 9.53 Å². The lowest BCUT2D eigenvalue weighted by Gasteiger charge is -2.20. The smallest absolute Gasteiger partial charge is 0.255 e. The number of rotatable bonds is 7. The van der Waals surface area contributed by atoms with Crippen molar-refractivity contribution in [2.24, 2.45) is 0 Å². The number of hydrogen-bond acceptors (Lipinski definition) is 4. The third-order valence-electron chi connectivity index (χ3n) is 3.35. The van der Waals surface area contributed by atoms with E-state index in [2.05, 4.69) is 31.1 Å². The highest BCUT2D eigenvalue weighted by Crippen LogP contribution is 2.25. The summed E-state index contributed by atoms with van der Waals surface area (Å²) in [6, 6.07) is 5.69. The second-order valence-electron chi connectivity index (χ2n) is 5.11. The van der Waals surface area contributed by atoms with Gasteiger partial charge in [0.25, 0.3) is 5.91 Å². The number of ether oxygens (including phenoxy) is 1. The molecule has 0 atom stereocenters. The van der Waals surface area contributed by atoms with Gasteiger partial charge in [-0.15, -0.1) is 0 Å². The van der Waals surface area contributed by atoms with E-state index >= 15 is 0 Å². The lowest BCUT2D eigenvalue weighted by atomic mass is 10.1. The van der Waals surface area contributed by atoms with Crippen LogP contribution in [0.3, 0.4) is 0 Å². The van der Waals surface area contributed by atoms with E-state index in [1.165, 1.54) is 7.11 Å². The Morgan fingerprint density at radius 2 is 2.15 bits per heavy atom. The molecule has 0 bridgehead atoms. The fraction of sp³-hybridized carbons (Fsp3) is 0.533. The van der Waals surface area contributed by atoms with Gasteiger partial charge in [-0.3, -0.25) is 4.79 Å². The number of nitrogens with one attached hydrogen (secondary N) is 1. The first-order chi connectivity index (χ1) is 9.47. The van der Waals surface area contributed by atoms with Gasteiger partial charge in [0.2, 0.25) is 0 Å². The number of amides is 1. The van der Waals surface area contributed by atoms with Crippen LogP contribution < -0.4 is 15.8 Å². The van der Waals surface area contributed by atoms with Crippen LogP contribution in [-0.2, 0) is 0 Å². The maximum Gasteiger partial charge on any atom is 0.255 e. The van der Waals surface area contributed by atoms with Gasteiger partial charge >= 0.3 is 0 Å². The normalized spacial score (nSPS) is 10.9. The molecule has 112 valence electrons. The average Bonchev–Trinajstić information content (AvgIpc) is 2.42. The number of carbonyl (C=O) groups excluding carboxylic acids is 1. The first-order valence-corrected chi connectivity index (χ1v) is 6.88. The zero-order valence-electron chi connectivity index (χ0n) is 12.8. The Kier molecular flexibility index (Phi) is 6.31. The second kappa shape index (κ2) is 7.75. The van der Waals surface area contributed by atoms with Gasteiger partial charge < -0.3 is 20.7 Å². The largest absolute Gasteiger partial charge is 0.494 e. The van der Waals surface area contributed by atoms with Crippen molar-refractivity contribution >= 4 is 11.6 Å². The minimum Gasteiger partial charge on any atom is -0.494 e. The summed E-state index contributed by atoms with van der Waals surface area (Å²) in [5, 5.41) is 2.89. The zero-order chi connectivity index (χ0) is 15.1. The van der Waals surface area contributed by atoms with Crippen molar-refractivity contribution in [2.75, 3.05) is 33.0 Å². The molecule has 20 heavy (non-hydrogen) atoms. The average molecular weight is 279 g/mol. The summed E-state index contributed by atoms with van der Waals surface area (Å²) in [6.07, 6.45) is 0.908. The summed E-state index contributed by atoms with van der Waals surface area (Å²) in [5.41, 5.74) is 6.73. The molecule has 0 aliphatic rings. The number of methoxy groups -OCH3 is 1. The molecule has 0 heterocycles. The van der Waals surface area contributed by atoms with Crippen molar-refractivity contribution in [2.45, 2.75) is 26.3 Å². The Morgan fingerprint density at radius 1 is 1.45 bits per heavy atom. The molecule has 1 rings (SSSR count). The van der Waals surface area contributed by atoms with Gasteiger partial charge in [-0.25, -0.2) is 0 Å². The van der Waals surface area contributed by atoms with Crippen LogP contribution in [0.2, 0.25) is 0 Å². The fourth-order valence-electron chi connectivity index (χ4n) is 1.85. The van der Waals surface area contributed by atoms with Crippen molar-refractivity contribution in [3.05, 3.63) is 23.8 Å². The molecule has 5 nitrogen and oxygen atoms in total. The van der Waals surface area contributed by atoms with Crippen LogP contribution in [0.15, 0.2) is 18.2 Å². The lowest BCUT2D eigenvalue weighted by Crippen LogP contribution is -2.31. The van der Waals surface area contributed by atoms with E-state index in [0.29, 0.717) is 29.6 Å². The molecular formula is C15H25N3O2. The number of nitrogens with two attached hydrogens (primary N) is 1. The predicted molar refractivity (Wildman–Crippen MR) is 82.1 cm³/mol. The van der Waals surface area contributed by atoms with Gasteiger partial charge in [-0.1, -0.05) is 6.07 Å². The van der Waals surface area contributed by atoms with Crippen molar-refractivity contribution in [1.29, 1.82) is 0 Å². The molecule has 1 aromatic carbocycles. The van der Waals surface area contributed by atoms with Crippen LogP contribution in [0, 0.1) is 0 Å². The molecular weight excluding hydrogens is 254 g/mol. The van der Waals surface area contributed by atoms with Crippen molar-refractivity contribution in [1.82, 2.24) is 10.2 Å². The van der Waals surface area contributed by atoms with Gasteiger partial charge in [0.1, 0.15) is 0 Å². The maximum atomic E-state index is 12.1. The van der Waals surface area contributed by atoms with Crippen molar-refractivity contribution in [3.8, 4) is 5.75 Å². The molecule has 0 saturated carbocycles. The molecule has 1 aromatic rings. The predicted octanol–water partition coefficient (Wildman–Crippen LogP) is 1.74. The number of carbonyl (C=O) groups is 1. The quantitative estimate of drug-likeness (QED) is 0.589. The number of hydrogen-bond donors (Lipinski definition) is 2. The Morgan fingerprint density at radius 3 is 2.75 bits per heavy atom. The summed E-state index contributed by atoms with van der Waals surface area (Å²) >= 11 is 0. The third-order valence-corrected chi connectivity index (χ3v) is 3.35. The Bertz CT molecular complexity index is 447. The van der Waals surface area contributed by atoms with E-state index in [0.717, 1.165) is 13.0 Å². The molecule has 3 N–H and O–H groups in total. The number of nitrogen functional groups attached to an aromatic ring is 1. The van der Waals surface area contributed by atoms with E-state index < -0.39 is 0 Å². The molecule has 5 heteroatoms. The minimum atomic E-state index is -0.152. The highest BCUT2D eigenvalue weighted by Gasteiger charge is 2.13. The third kappa shape index (κ3) is 4.42. The summed E-state index contributed by atoms with van der Waals surface area (Å²) in [6.45, 7) is 5.88. The topological polar surface area (TPSA) is 67.6 Å². The van der Waals surface area contributed by atoms with Crippen molar-refractivity contribution in [3.63, 3.8) is 0 Å². The van der Waals surface area contributed by atoms with Crippen LogP contribution in [0.4, 0.5) is 5.69 Å². The SMILES string of the molecule is COc1c(N)cccc1C(=O)NCCCN(C)C(C)C. The summed E-state index contributed by atoms with van der Waals surface area (Å²) in [5.74, 6) is 0.283. The summed E-state index contributed by atoms with van der Waals surface area (Å²) < 4.78 is 5.18. The van der Waals surface area contributed by atoms with Crippen LogP contribution in [0.25, 0.3) is 0 Å². The van der Waals surface area contributed by atoms with E-state index in [-0.39, 0.29) is 5.91 Å². The highest BCUT2D eigenvalue weighted by molar-refractivity contribution is 5.98. The lowest BCUT2D eigenvalue weighted by molar-refractivity contribution is 0.0948. The number of para-hydroxylation sites is 1. The Labute approximate surface area is 121 Å². The number of nitrogens with zero attached hydrogens (tertiary/aromatic N) is 1. The Hall–Kier alpha value is -1.75. The van der Waals surface area contributed by atoms with Gasteiger partial charge in [0, 0.05) is 12.6 Å². The molecule has 1 amide bonds. The maximum absolute atomic E-state index is 12.1. The standard InChI is InChI=1S/C15H25N3O2/c1-11(2)18(3)10-6-9-17-15(19)12-7-5-8-13(16)14(12)20-4/h5,7-8,11H,6,9-10,16H2,1-4H3,(H,17,19). The molecule has 0 fully saturated rings. The molecule has 0 aliphatic heterocycles. The molecule has 0 radical (unpaired) electrons. The zero-order valence-corrected chi connectivity index (χ0v) is 12.8. The van der Waals surface area contributed by atoms with Gasteiger partial charge in [0.05, 0.1) is 18.4 Å². The van der Waals surface area contributed by atoms with Gasteiger partial charge in [-0.2, -0.15) is 0 Å². The summed E-state index contributed by atoms with van der Waals surface area (Å²) in [7, 11) is 3.59. The van der Waals surface area contributed by atoms with Crippen LogP contribution >= 0.6 is 0 Å². The van der Waals surface area contributed by atoms with E-state index in [1.807, 2.05) is 0 Å². The van der Waals surface area contributed by atoms with Crippen LogP contribution in [0.1, 0.15) is 30.6 Å². The molecule has 0 unspecified atom stereocenters. The van der Waals surface area contributed by atoms with Crippen LogP contribution in [-0.4, -0.2) is 44.1 Å². The monoisotopic (exact) mass is 279 g/mol. The van der Waals surface area contributed by atoms with Gasteiger partial charge in [-0.05, 0) is 46.0 Å². The second-order valence-corrected chi connectivity index (χ2v) is 5.11. The van der Waals surface area contributed by atoms with Crippen LogP contribution in [0.5, 0.6) is 5.75 Å². The number of benzene rings is 1. The van der Waals surface area contributed by atoms with E-state index in [9.17, 15) is 4.79 Å². The van der Waals surface area contributed by atoms with E-state index in [1.54, 1.807) is 18.2 Å². The number of anilines is 1. The summed E-state index contributed by atoms with van der Waals surface area (Å²) in [4.78, 5) is 14.3. The Balaban J connectivity index is 2.50. The highest BCUT2D eigenvalue weighted by atomic mass is 16.5. The van der Waals surface area contributed by atoms with E-state index in [4.69, 9.17) is 10.5 Å². The molecule has 0 saturated heterocycles. The fourth-order valence-corrected chi connectivity index (χ4v) is 1.85. The molecule has 0 aromatic heterocycles. The molecule has 0 spiro atoms. The van der Waals surface area contributed by atoms with Gasteiger partial charge in [0.15, 0.2) is 5.75 Å².